The lowest BCUT2D eigenvalue weighted by Crippen LogP contribution is -2.18. The summed E-state index contributed by atoms with van der Waals surface area (Å²) in [5.74, 6) is 0.484. The summed E-state index contributed by atoms with van der Waals surface area (Å²) in [5.41, 5.74) is 1.89. The lowest BCUT2D eigenvalue weighted by molar-refractivity contribution is -0.118. The van der Waals surface area contributed by atoms with Crippen LogP contribution in [0.2, 0.25) is 0 Å². The van der Waals surface area contributed by atoms with Gasteiger partial charge in [0.05, 0.1) is 11.9 Å². The van der Waals surface area contributed by atoms with Gasteiger partial charge in [-0.25, -0.2) is 4.98 Å². The number of pyridine rings is 1. The van der Waals surface area contributed by atoms with Crippen LogP contribution in [-0.4, -0.2) is 10.9 Å². The highest BCUT2D eigenvalue weighted by Crippen LogP contribution is 2.16. The van der Waals surface area contributed by atoms with Gasteiger partial charge in [0.2, 0.25) is 5.91 Å². The quantitative estimate of drug-likeness (QED) is 0.880. The molecule has 0 aliphatic rings. The van der Waals surface area contributed by atoms with Crippen molar-refractivity contribution in [1.82, 2.24) is 4.98 Å². The van der Waals surface area contributed by atoms with Gasteiger partial charge in [0.15, 0.2) is 0 Å². The maximum atomic E-state index is 11.5. The molecular formula is C15H17N3O. The molecule has 4 heteroatoms. The summed E-state index contributed by atoms with van der Waals surface area (Å²) in [6.45, 7) is 3.70. The zero-order chi connectivity index (χ0) is 13.7. The SMILES string of the molecule is CC(C)C(=O)Nc1ccc(Nc2ccccc2)cn1. The molecular weight excluding hydrogens is 238 g/mol. The Labute approximate surface area is 112 Å². The van der Waals surface area contributed by atoms with E-state index in [2.05, 4.69) is 15.6 Å². The van der Waals surface area contributed by atoms with Gasteiger partial charge in [-0.2, -0.15) is 0 Å². The van der Waals surface area contributed by atoms with Crippen molar-refractivity contribution in [2.24, 2.45) is 5.92 Å². The second-order valence-corrected chi connectivity index (χ2v) is 4.57. The number of rotatable bonds is 4. The molecule has 1 aromatic carbocycles. The minimum absolute atomic E-state index is 0.0312. The number of amides is 1. The van der Waals surface area contributed by atoms with E-state index in [1.165, 1.54) is 0 Å². The van der Waals surface area contributed by atoms with Crippen molar-refractivity contribution < 1.29 is 4.79 Å². The van der Waals surface area contributed by atoms with E-state index in [1.807, 2.05) is 50.2 Å². The van der Waals surface area contributed by atoms with Crippen LogP contribution in [0.5, 0.6) is 0 Å². The molecule has 2 N–H and O–H groups in total. The minimum Gasteiger partial charge on any atom is -0.354 e. The van der Waals surface area contributed by atoms with Gasteiger partial charge in [-0.15, -0.1) is 0 Å². The fourth-order valence-electron chi connectivity index (χ4n) is 1.50. The highest BCUT2D eigenvalue weighted by molar-refractivity contribution is 5.91. The summed E-state index contributed by atoms with van der Waals surface area (Å²) >= 11 is 0. The molecule has 1 aromatic heterocycles. The number of benzene rings is 1. The second kappa shape index (κ2) is 6.00. The molecule has 4 nitrogen and oxygen atoms in total. The Morgan fingerprint density at radius 2 is 1.79 bits per heavy atom. The molecule has 0 aliphatic heterocycles. The Balaban J connectivity index is 2.01. The third-order valence-electron chi connectivity index (χ3n) is 2.60. The predicted octanol–water partition coefficient (Wildman–Crippen LogP) is 3.42. The molecule has 1 heterocycles. The molecule has 0 bridgehead atoms. The minimum atomic E-state index is -0.0519. The van der Waals surface area contributed by atoms with E-state index < -0.39 is 0 Å². The van der Waals surface area contributed by atoms with E-state index in [1.54, 1.807) is 12.3 Å². The maximum Gasteiger partial charge on any atom is 0.228 e. The molecule has 0 saturated heterocycles. The third-order valence-corrected chi connectivity index (χ3v) is 2.60. The Morgan fingerprint density at radius 1 is 1.05 bits per heavy atom. The summed E-state index contributed by atoms with van der Waals surface area (Å²) in [7, 11) is 0. The molecule has 0 fully saturated rings. The van der Waals surface area contributed by atoms with Gasteiger partial charge in [0.25, 0.3) is 0 Å². The van der Waals surface area contributed by atoms with Crippen LogP contribution in [0, 0.1) is 5.92 Å². The van der Waals surface area contributed by atoms with Crippen LogP contribution in [0.25, 0.3) is 0 Å². The highest BCUT2D eigenvalue weighted by Gasteiger charge is 2.07. The molecule has 2 rings (SSSR count). The smallest absolute Gasteiger partial charge is 0.228 e. The molecule has 0 atom stereocenters. The van der Waals surface area contributed by atoms with Crippen LogP contribution in [-0.2, 0) is 4.79 Å². The topological polar surface area (TPSA) is 54.0 Å². The van der Waals surface area contributed by atoms with Crippen molar-refractivity contribution in [3.8, 4) is 0 Å². The Hall–Kier alpha value is -2.36. The summed E-state index contributed by atoms with van der Waals surface area (Å²) in [6.07, 6.45) is 1.70. The average Bonchev–Trinajstić information content (AvgIpc) is 2.42. The summed E-state index contributed by atoms with van der Waals surface area (Å²) in [5, 5.41) is 5.99. The van der Waals surface area contributed by atoms with Crippen molar-refractivity contribution in [2.75, 3.05) is 10.6 Å². The monoisotopic (exact) mass is 255 g/mol. The third kappa shape index (κ3) is 3.81. The molecule has 0 spiro atoms. The fraction of sp³-hybridized carbons (Fsp3) is 0.200. The van der Waals surface area contributed by atoms with Gasteiger partial charge < -0.3 is 10.6 Å². The summed E-state index contributed by atoms with van der Waals surface area (Å²) < 4.78 is 0. The predicted molar refractivity (Wildman–Crippen MR) is 77.4 cm³/mol. The van der Waals surface area contributed by atoms with Crippen molar-refractivity contribution >= 4 is 23.1 Å². The van der Waals surface area contributed by atoms with Crippen LogP contribution < -0.4 is 10.6 Å². The molecule has 2 aromatic rings. The van der Waals surface area contributed by atoms with Gasteiger partial charge in [-0.1, -0.05) is 32.0 Å². The van der Waals surface area contributed by atoms with Gasteiger partial charge in [0, 0.05) is 11.6 Å². The zero-order valence-corrected chi connectivity index (χ0v) is 11.1. The van der Waals surface area contributed by atoms with E-state index >= 15 is 0 Å². The number of hydrogen-bond donors (Lipinski definition) is 2. The van der Waals surface area contributed by atoms with E-state index in [9.17, 15) is 4.79 Å². The average molecular weight is 255 g/mol. The fourth-order valence-corrected chi connectivity index (χ4v) is 1.50. The number of hydrogen-bond acceptors (Lipinski definition) is 3. The van der Waals surface area contributed by atoms with Crippen LogP contribution in [0.1, 0.15) is 13.8 Å². The van der Waals surface area contributed by atoms with Crippen LogP contribution in [0.4, 0.5) is 17.2 Å². The lowest BCUT2D eigenvalue weighted by atomic mass is 10.2. The van der Waals surface area contributed by atoms with Crippen LogP contribution in [0.3, 0.4) is 0 Å². The normalized spacial score (nSPS) is 10.3. The van der Waals surface area contributed by atoms with Crippen molar-refractivity contribution in [3.63, 3.8) is 0 Å². The number of anilines is 3. The van der Waals surface area contributed by atoms with Gasteiger partial charge in [-0.3, -0.25) is 4.79 Å². The molecule has 0 radical (unpaired) electrons. The summed E-state index contributed by atoms with van der Waals surface area (Å²) in [4.78, 5) is 15.7. The number of carbonyl (C=O) groups is 1. The van der Waals surface area contributed by atoms with E-state index in [0.717, 1.165) is 11.4 Å². The Bertz CT molecular complexity index is 535. The van der Waals surface area contributed by atoms with E-state index in [-0.39, 0.29) is 11.8 Å². The molecule has 19 heavy (non-hydrogen) atoms. The first-order chi connectivity index (χ1) is 9.15. The molecule has 0 unspecified atom stereocenters. The first-order valence-corrected chi connectivity index (χ1v) is 6.24. The van der Waals surface area contributed by atoms with Gasteiger partial charge in [0.1, 0.15) is 5.82 Å². The number of para-hydroxylation sites is 1. The number of nitrogens with zero attached hydrogens (tertiary/aromatic N) is 1. The largest absolute Gasteiger partial charge is 0.354 e. The van der Waals surface area contributed by atoms with Gasteiger partial charge >= 0.3 is 0 Å². The Kier molecular flexibility index (Phi) is 4.13. The highest BCUT2D eigenvalue weighted by atomic mass is 16.1. The molecule has 1 amide bonds. The van der Waals surface area contributed by atoms with Gasteiger partial charge in [-0.05, 0) is 24.3 Å². The van der Waals surface area contributed by atoms with Crippen LogP contribution >= 0.6 is 0 Å². The van der Waals surface area contributed by atoms with E-state index in [0.29, 0.717) is 5.82 Å². The lowest BCUT2D eigenvalue weighted by Gasteiger charge is -2.09. The first-order valence-electron chi connectivity index (χ1n) is 6.24. The van der Waals surface area contributed by atoms with Crippen molar-refractivity contribution in [2.45, 2.75) is 13.8 Å². The first kappa shape index (κ1) is 13.1. The second-order valence-electron chi connectivity index (χ2n) is 4.57. The maximum absolute atomic E-state index is 11.5. The zero-order valence-electron chi connectivity index (χ0n) is 11.1. The standard InChI is InChI=1S/C15H17N3O/c1-11(2)15(19)18-14-9-8-13(10-16-14)17-12-6-4-3-5-7-12/h3-11,17H,1-2H3,(H,16,18,19). The molecule has 0 aliphatic carbocycles. The Morgan fingerprint density at radius 3 is 2.37 bits per heavy atom. The van der Waals surface area contributed by atoms with E-state index in [4.69, 9.17) is 0 Å². The number of nitrogens with one attached hydrogen (secondary N) is 2. The van der Waals surface area contributed by atoms with Crippen LogP contribution in [0.15, 0.2) is 48.7 Å². The van der Waals surface area contributed by atoms with Crippen molar-refractivity contribution in [3.05, 3.63) is 48.7 Å². The number of carbonyl (C=O) groups excluding carboxylic acids is 1. The molecule has 0 saturated carbocycles. The molecule has 98 valence electrons. The summed E-state index contributed by atoms with van der Waals surface area (Å²) in [6, 6.07) is 13.5. The van der Waals surface area contributed by atoms with Crippen molar-refractivity contribution in [1.29, 1.82) is 0 Å². The number of aromatic nitrogens is 1.